The fourth-order valence-electron chi connectivity index (χ4n) is 5.25. The summed E-state index contributed by atoms with van der Waals surface area (Å²) in [6, 6.07) is 6.31. The van der Waals surface area contributed by atoms with E-state index in [0.29, 0.717) is 73.4 Å². The largest absolute Gasteiger partial charge is 0.497 e. The highest BCUT2D eigenvalue weighted by atomic mass is 32.2. The molecular weight excluding hydrogens is 536 g/mol. The molecule has 1 atom stereocenters. The quantitative estimate of drug-likeness (QED) is 0.219. The Morgan fingerprint density at radius 1 is 1.13 bits per heavy atom. The normalized spacial score (nSPS) is 16.4. The van der Waals surface area contributed by atoms with Crippen molar-refractivity contribution in [1.82, 2.24) is 9.88 Å². The molecule has 0 spiro atoms. The van der Waals surface area contributed by atoms with E-state index in [-0.39, 0.29) is 23.3 Å². The van der Waals surface area contributed by atoms with E-state index in [1.807, 2.05) is 0 Å². The molecule has 1 aliphatic heterocycles. The van der Waals surface area contributed by atoms with Gasteiger partial charge in [-0.2, -0.15) is 0 Å². The summed E-state index contributed by atoms with van der Waals surface area (Å²) >= 11 is 0.968. The van der Waals surface area contributed by atoms with Gasteiger partial charge in [-0.3, -0.25) is 9.78 Å². The Hall–Kier alpha value is -2.89. The highest BCUT2D eigenvalue weighted by Crippen LogP contribution is 2.42. The molecule has 39 heavy (non-hydrogen) atoms. The topological polar surface area (TPSA) is 82.9 Å². The molecule has 210 valence electrons. The Bertz CT molecular complexity index is 1310. The molecule has 11 heteroatoms. The van der Waals surface area contributed by atoms with Crippen LogP contribution in [0.2, 0.25) is 0 Å². The van der Waals surface area contributed by atoms with Crippen molar-refractivity contribution in [2.24, 2.45) is 5.41 Å². The Balaban J connectivity index is 1.39. The van der Waals surface area contributed by atoms with Gasteiger partial charge in [0.1, 0.15) is 29.0 Å². The van der Waals surface area contributed by atoms with Crippen LogP contribution in [0.3, 0.4) is 0 Å². The summed E-state index contributed by atoms with van der Waals surface area (Å²) in [5.74, 6) is -3.55. The van der Waals surface area contributed by atoms with Crippen molar-refractivity contribution in [3.05, 3.63) is 65.4 Å². The van der Waals surface area contributed by atoms with Crippen LogP contribution in [0.4, 0.5) is 17.6 Å². The number of aromatic nitrogens is 1. The number of carbonyl (C=O) groups is 1. The number of aliphatic hydroxyl groups excluding tert-OH is 1. The number of fused-ring (bicyclic) bond motifs is 1. The lowest BCUT2D eigenvalue weighted by molar-refractivity contribution is -0.141. The van der Waals surface area contributed by atoms with Crippen LogP contribution in [0.25, 0.3) is 10.9 Å². The van der Waals surface area contributed by atoms with Gasteiger partial charge < -0.3 is 19.8 Å². The van der Waals surface area contributed by atoms with Gasteiger partial charge >= 0.3 is 5.97 Å². The summed E-state index contributed by atoms with van der Waals surface area (Å²) < 4.78 is 61.0. The van der Waals surface area contributed by atoms with Crippen molar-refractivity contribution < 1.29 is 37.3 Å². The minimum atomic E-state index is -1.16. The van der Waals surface area contributed by atoms with Gasteiger partial charge in [0, 0.05) is 35.4 Å². The fourth-order valence-corrected chi connectivity index (χ4v) is 6.20. The van der Waals surface area contributed by atoms with Crippen LogP contribution in [-0.4, -0.2) is 58.6 Å². The maximum atomic E-state index is 14.8. The van der Waals surface area contributed by atoms with Crippen molar-refractivity contribution in [2.45, 2.75) is 43.1 Å². The number of aliphatic carboxylic acids is 1. The maximum Gasteiger partial charge on any atom is 0.303 e. The minimum Gasteiger partial charge on any atom is -0.497 e. The van der Waals surface area contributed by atoms with Crippen molar-refractivity contribution in [3.8, 4) is 5.75 Å². The zero-order chi connectivity index (χ0) is 28.2. The van der Waals surface area contributed by atoms with Crippen LogP contribution in [0.5, 0.6) is 5.75 Å². The Labute approximate surface area is 228 Å². The van der Waals surface area contributed by atoms with E-state index in [1.54, 1.807) is 18.2 Å². The number of halogens is 4. The van der Waals surface area contributed by atoms with E-state index >= 15 is 0 Å². The van der Waals surface area contributed by atoms with Crippen LogP contribution in [0, 0.1) is 28.7 Å². The number of hydrogen-bond acceptors (Lipinski definition) is 6. The number of piperidine rings is 1. The van der Waals surface area contributed by atoms with Crippen LogP contribution in [0.1, 0.15) is 43.8 Å². The van der Waals surface area contributed by atoms with Crippen LogP contribution in [-0.2, 0) is 4.79 Å². The van der Waals surface area contributed by atoms with E-state index in [2.05, 4.69) is 9.88 Å². The molecule has 1 aromatic heterocycles. The first-order valence-corrected chi connectivity index (χ1v) is 13.6. The number of carboxylic acid groups (broad SMARTS) is 1. The van der Waals surface area contributed by atoms with E-state index < -0.39 is 40.8 Å². The smallest absolute Gasteiger partial charge is 0.303 e. The molecule has 2 heterocycles. The monoisotopic (exact) mass is 566 g/mol. The van der Waals surface area contributed by atoms with Gasteiger partial charge in [0.15, 0.2) is 0 Å². The lowest BCUT2D eigenvalue weighted by Gasteiger charge is -2.41. The molecule has 0 saturated carbocycles. The van der Waals surface area contributed by atoms with Crippen molar-refractivity contribution >= 4 is 28.6 Å². The lowest BCUT2D eigenvalue weighted by atomic mass is 9.71. The third-order valence-corrected chi connectivity index (χ3v) is 8.47. The molecule has 2 aromatic carbocycles. The fraction of sp³-hybridized carbons (Fsp3) is 0.429. The number of carboxylic acids is 1. The molecule has 1 fully saturated rings. The van der Waals surface area contributed by atoms with Gasteiger partial charge in [0.25, 0.3) is 0 Å². The highest BCUT2D eigenvalue weighted by molar-refractivity contribution is 7.99. The number of pyridine rings is 1. The Kier molecular flexibility index (Phi) is 9.35. The van der Waals surface area contributed by atoms with E-state index in [1.165, 1.54) is 7.11 Å². The number of ether oxygens (including phenoxy) is 1. The minimum absolute atomic E-state index is 0.0816. The van der Waals surface area contributed by atoms with Crippen molar-refractivity contribution in [2.75, 3.05) is 32.5 Å². The number of nitrogens with zero attached hydrogens (tertiary/aromatic N) is 2. The number of aliphatic hydroxyl groups is 1. The maximum absolute atomic E-state index is 14.8. The lowest BCUT2D eigenvalue weighted by Crippen LogP contribution is -2.42. The zero-order valence-electron chi connectivity index (χ0n) is 21.4. The molecule has 0 radical (unpaired) electrons. The second-order valence-corrected chi connectivity index (χ2v) is 11.0. The SMILES string of the molecule is COc1ccc2ncc(F)c([C@H](O)CCC3(CC(=O)O)CCN(CCSc4c(F)cc(F)cc4F)CC3)c2c1. The molecular formula is C28H30F4N2O4S. The molecule has 4 rings (SSSR count). The molecule has 6 nitrogen and oxygen atoms in total. The molecule has 3 aromatic rings. The van der Waals surface area contributed by atoms with Gasteiger partial charge in [-0.25, -0.2) is 17.6 Å². The zero-order valence-corrected chi connectivity index (χ0v) is 22.2. The van der Waals surface area contributed by atoms with E-state index in [4.69, 9.17) is 4.74 Å². The van der Waals surface area contributed by atoms with Crippen molar-refractivity contribution in [3.63, 3.8) is 0 Å². The predicted molar refractivity (Wildman–Crippen MR) is 140 cm³/mol. The third kappa shape index (κ3) is 7.01. The van der Waals surface area contributed by atoms with E-state index in [0.717, 1.165) is 18.0 Å². The van der Waals surface area contributed by atoms with Gasteiger partial charge in [-0.15, -0.1) is 11.8 Å². The molecule has 2 N–H and O–H groups in total. The first kappa shape index (κ1) is 29.1. The molecule has 0 bridgehead atoms. The molecule has 0 aliphatic carbocycles. The molecule has 1 saturated heterocycles. The second kappa shape index (κ2) is 12.5. The molecule has 0 amide bonds. The number of likely N-dealkylation sites (tertiary alicyclic amines) is 1. The Morgan fingerprint density at radius 3 is 2.46 bits per heavy atom. The highest BCUT2D eigenvalue weighted by Gasteiger charge is 2.37. The summed E-state index contributed by atoms with van der Waals surface area (Å²) in [4.78, 5) is 17.7. The number of rotatable bonds is 11. The van der Waals surface area contributed by atoms with Crippen LogP contribution >= 0.6 is 11.8 Å². The molecule has 0 unspecified atom stereocenters. The Morgan fingerprint density at radius 2 is 1.82 bits per heavy atom. The van der Waals surface area contributed by atoms with Crippen molar-refractivity contribution in [1.29, 1.82) is 0 Å². The first-order valence-electron chi connectivity index (χ1n) is 12.6. The second-order valence-electron chi connectivity index (χ2n) is 9.92. The number of thioether (sulfide) groups is 1. The van der Waals surface area contributed by atoms with Gasteiger partial charge in [-0.05, 0) is 62.4 Å². The first-order chi connectivity index (χ1) is 18.6. The van der Waals surface area contributed by atoms with E-state index in [9.17, 15) is 32.6 Å². The van der Waals surface area contributed by atoms with Gasteiger partial charge in [-0.1, -0.05) is 0 Å². The summed E-state index contributed by atoms with van der Waals surface area (Å²) in [6.45, 7) is 1.66. The third-order valence-electron chi connectivity index (χ3n) is 7.41. The molecule has 1 aliphatic rings. The summed E-state index contributed by atoms with van der Waals surface area (Å²) in [7, 11) is 1.49. The van der Waals surface area contributed by atoms with Gasteiger partial charge in [0.2, 0.25) is 0 Å². The number of benzene rings is 2. The van der Waals surface area contributed by atoms with Gasteiger partial charge in [0.05, 0.1) is 36.2 Å². The number of hydrogen-bond donors (Lipinski definition) is 2. The van der Waals surface area contributed by atoms with Crippen LogP contribution < -0.4 is 4.74 Å². The summed E-state index contributed by atoms with van der Waals surface area (Å²) in [6.07, 6.45) is 1.46. The summed E-state index contributed by atoms with van der Waals surface area (Å²) in [5, 5.41) is 21.1. The predicted octanol–water partition coefficient (Wildman–Crippen LogP) is 5.96. The summed E-state index contributed by atoms with van der Waals surface area (Å²) in [5.41, 5.74) is 0.0417. The average molecular weight is 567 g/mol. The number of methoxy groups -OCH3 is 1. The average Bonchev–Trinajstić information content (AvgIpc) is 2.89. The standard InChI is InChI=1S/C28H30F4N2O4S/c1-38-18-2-3-23-19(14-18)26(22(32)16-33-23)24(35)4-5-28(15-25(36)37)6-8-34(9-7-28)10-11-39-27-20(30)12-17(29)13-21(27)31/h2-3,12-14,16,24,35H,4-11,15H2,1H3,(H,36,37)/t24-/m1/s1. The van der Waals surface area contributed by atoms with Crippen LogP contribution in [0.15, 0.2) is 41.4 Å².